The van der Waals surface area contributed by atoms with Crippen LogP contribution in [0.5, 0.6) is 0 Å². The SMILES string of the molecule is NC(CSCCS(N)(=O)=O)C(=O)O. The van der Waals surface area contributed by atoms with Gasteiger partial charge in [0.1, 0.15) is 6.04 Å². The van der Waals surface area contributed by atoms with Crippen LogP contribution in [0.3, 0.4) is 0 Å². The van der Waals surface area contributed by atoms with Gasteiger partial charge in [-0.3, -0.25) is 4.79 Å². The molecule has 13 heavy (non-hydrogen) atoms. The fourth-order valence-electron chi connectivity index (χ4n) is 0.457. The zero-order chi connectivity index (χ0) is 10.5. The molecule has 0 aliphatic heterocycles. The normalized spacial score (nSPS) is 14.0. The summed E-state index contributed by atoms with van der Waals surface area (Å²) in [6.07, 6.45) is 0. The van der Waals surface area contributed by atoms with Crippen LogP contribution < -0.4 is 10.9 Å². The van der Waals surface area contributed by atoms with E-state index in [0.717, 1.165) is 11.8 Å². The Morgan fingerprint density at radius 3 is 2.46 bits per heavy atom. The first-order valence-electron chi connectivity index (χ1n) is 3.39. The second-order valence-electron chi connectivity index (χ2n) is 2.39. The van der Waals surface area contributed by atoms with Gasteiger partial charge in [0.25, 0.3) is 0 Å². The third kappa shape index (κ3) is 8.03. The summed E-state index contributed by atoms with van der Waals surface area (Å²) in [5.41, 5.74) is 5.17. The van der Waals surface area contributed by atoms with Crippen molar-refractivity contribution in [3.05, 3.63) is 0 Å². The molecule has 0 fully saturated rings. The van der Waals surface area contributed by atoms with Crippen molar-refractivity contribution in [1.82, 2.24) is 0 Å². The summed E-state index contributed by atoms with van der Waals surface area (Å²) in [5.74, 6) is -0.808. The zero-order valence-corrected chi connectivity index (χ0v) is 8.47. The second kappa shape index (κ2) is 5.43. The lowest BCUT2D eigenvalue weighted by atomic mass is 10.4. The maximum atomic E-state index is 10.4. The Kier molecular flexibility index (Phi) is 5.30. The van der Waals surface area contributed by atoms with E-state index in [1.54, 1.807) is 0 Å². The molecule has 0 heterocycles. The van der Waals surface area contributed by atoms with Gasteiger partial charge >= 0.3 is 5.97 Å². The number of rotatable bonds is 6. The fraction of sp³-hybridized carbons (Fsp3) is 0.800. The quantitative estimate of drug-likeness (QED) is 0.471. The lowest BCUT2D eigenvalue weighted by Gasteiger charge is -2.04. The summed E-state index contributed by atoms with van der Waals surface area (Å²) in [4.78, 5) is 10.2. The number of primary sulfonamides is 1. The molecule has 78 valence electrons. The zero-order valence-electron chi connectivity index (χ0n) is 6.84. The number of sulfonamides is 1. The average Bonchev–Trinajstić information content (AvgIpc) is 1.95. The summed E-state index contributed by atoms with van der Waals surface area (Å²) in [6, 6.07) is -0.953. The largest absolute Gasteiger partial charge is 0.480 e. The van der Waals surface area contributed by atoms with Crippen molar-refractivity contribution < 1.29 is 18.3 Å². The third-order valence-corrected chi connectivity index (χ3v) is 3.25. The molecule has 5 N–H and O–H groups in total. The fourth-order valence-corrected chi connectivity index (χ4v) is 2.42. The number of thioether (sulfide) groups is 1. The first-order valence-corrected chi connectivity index (χ1v) is 6.26. The van der Waals surface area contributed by atoms with E-state index in [1.165, 1.54) is 0 Å². The predicted molar refractivity (Wildman–Crippen MR) is 50.9 cm³/mol. The van der Waals surface area contributed by atoms with Crippen LogP contribution in [-0.2, 0) is 14.8 Å². The Labute approximate surface area is 80.7 Å². The van der Waals surface area contributed by atoms with Gasteiger partial charge in [-0.2, -0.15) is 11.8 Å². The van der Waals surface area contributed by atoms with Crippen LogP contribution in [0.1, 0.15) is 0 Å². The van der Waals surface area contributed by atoms with Crippen LogP contribution in [0.2, 0.25) is 0 Å². The highest BCUT2D eigenvalue weighted by Crippen LogP contribution is 2.02. The minimum atomic E-state index is -3.45. The molecule has 0 spiro atoms. The Bertz CT molecular complexity index is 264. The molecular weight excluding hydrogens is 216 g/mol. The number of carbonyl (C=O) groups is 1. The second-order valence-corrected chi connectivity index (χ2v) is 5.27. The summed E-state index contributed by atoms with van der Waals surface area (Å²) in [7, 11) is -3.45. The molecule has 0 amide bonds. The number of carboxylic acid groups (broad SMARTS) is 1. The van der Waals surface area contributed by atoms with Gasteiger partial charge in [0.2, 0.25) is 10.0 Å². The van der Waals surface area contributed by atoms with Gasteiger partial charge in [-0.05, 0) is 0 Å². The van der Waals surface area contributed by atoms with Crippen molar-refractivity contribution in [2.45, 2.75) is 6.04 Å². The molecule has 0 saturated heterocycles. The van der Waals surface area contributed by atoms with E-state index in [2.05, 4.69) is 0 Å². The van der Waals surface area contributed by atoms with E-state index in [4.69, 9.17) is 16.0 Å². The Balaban J connectivity index is 3.53. The lowest BCUT2D eigenvalue weighted by molar-refractivity contribution is -0.137. The van der Waals surface area contributed by atoms with Crippen LogP contribution in [0.15, 0.2) is 0 Å². The van der Waals surface area contributed by atoms with Crippen LogP contribution in [0.25, 0.3) is 0 Å². The van der Waals surface area contributed by atoms with E-state index in [9.17, 15) is 13.2 Å². The van der Waals surface area contributed by atoms with E-state index in [0.29, 0.717) is 0 Å². The molecule has 0 saturated carbocycles. The van der Waals surface area contributed by atoms with E-state index in [1.807, 2.05) is 0 Å². The molecule has 1 atom stereocenters. The highest BCUT2D eigenvalue weighted by Gasteiger charge is 2.11. The minimum Gasteiger partial charge on any atom is -0.480 e. The molecule has 6 nitrogen and oxygen atoms in total. The molecule has 0 aromatic carbocycles. The van der Waals surface area contributed by atoms with E-state index in [-0.39, 0.29) is 17.3 Å². The molecule has 0 radical (unpaired) electrons. The van der Waals surface area contributed by atoms with Crippen molar-refractivity contribution >= 4 is 27.8 Å². The molecule has 0 bridgehead atoms. The molecule has 0 rings (SSSR count). The summed E-state index contributed by atoms with van der Waals surface area (Å²) in [6.45, 7) is 0. The van der Waals surface area contributed by atoms with E-state index < -0.39 is 22.0 Å². The van der Waals surface area contributed by atoms with Crippen LogP contribution in [-0.4, -0.2) is 42.8 Å². The third-order valence-electron chi connectivity index (χ3n) is 1.13. The van der Waals surface area contributed by atoms with Crippen LogP contribution in [0, 0.1) is 0 Å². The van der Waals surface area contributed by atoms with Gasteiger partial charge in [0.05, 0.1) is 5.75 Å². The standard InChI is InChI=1S/C5H12N2O4S2/c6-4(5(8)9)3-12-1-2-13(7,10)11/h4H,1-3,6H2,(H,8,9)(H2,7,10,11). The van der Waals surface area contributed by atoms with E-state index >= 15 is 0 Å². The molecule has 0 aliphatic carbocycles. The summed E-state index contributed by atoms with van der Waals surface area (Å²) in [5, 5.41) is 13.1. The molecule has 8 heteroatoms. The van der Waals surface area contributed by atoms with Crippen molar-refractivity contribution in [2.75, 3.05) is 17.3 Å². The molecule has 1 unspecified atom stereocenters. The summed E-state index contributed by atoms with van der Waals surface area (Å²) < 4.78 is 20.9. The predicted octanol–water partition coefficient (Wildman–Crippen LogP) is -1.58. The maximum Gasteiger partial charge on any atom is 0.321 e. The number of nitrogens with two attached hydrogens (primary N) is 2. The Morgan fingerprint density at radius 2 is 2.08 bits per heavy atom. The topological polar surface area (TPSA) is 123 Å². The first kappa shape index (κ1) is 12.7. The molecule has 0 aromatic heterocycles. The van der Waals surface area contributed by atoms with Crippen molar-refractivity contribution in [1.29, 1.82) is 0 Å². The first-order chi connectivity index (χ1) is 5.83. The van der Waals surface area contributed by atoms with Gasteiger partial charge in [0, 0.05) is 11.5 Å². The van der Waals surface area contributed by atoms with Gasteiger partial charge in [-0.15, -0.1) is 0 Å². The highest BCUT2D eigenvalue weighted by atomic mass is 32.2. The van der Waals surface area contributed by atoms with Gasteiger partial charge in [-0.1, -0.05) is 0 Å². The summed E-state index contributed by atoms with van der Waals surface area (Å²) >= 11 is 1.15. The number of hydrogen-bond donors (Lipinski definition) is 3. The number of carboxylic acids is 1. The molecular formula is C5H12N2O4S2. The Hall–Kier alpha value is -0.310. The molecule has 0 aliphatic rings. The van der Waals surface area contributed by atoms with Gasteiger partial charge in [-0.25, -0.2) is 13.6 Å². The highest BCUT2D eigenvalue weighted by molar-refractivity contribution is 8.00. The monoisotopic (exact) mass is 228 g/mol. The Morgan fingerprint density at radius 1 is 1.54 bits per heavy atom. The number of hydrogen-bond acceptors (Lipinski definition) is 5. The lowest BCUT2D eigenvalue weighted by Crippen LogP contribution is -2.32. The van der Waals surface area contributed by atoms with Crippen LogP contribution in [0.4, 0.5) is 0 Å². The van der Waals surface area contributed by atoms with Gasteiger partial charge in [0.15, 0.2) is 0 Å². The number of aliphatic carboxylic acids is 1. The smallest absolute Gasteiger partial charge is 0.321 e. The van der Waals surface area contributed by atoms with Gasteiger partial charge < -0.3 is 10.8 Å². The maximum absolute atomic E-state index is 10.4. The minimum absolute atomic E-state index is 0.163. The molecule has 0 aromatic rings. The van der Waals surface area contributed by atoms with Crippen molar-refractivity contribution in [2.24, 2.45) is 10.9 Å². The van der Waals surface area contributed by atoms with Crippen molar-refractivity contribution in [3.8, 4) is 0 Å². The van der Waals surface area contributed by atoms with Crippen molar-refractivity contribution in [3.63, 3.8) is 0 Å². The van der Waals surface area contributed by atoms with Crippen LogP contribution >= 0.6 is 11.8 Å². The average molecular weight is 228 g/mol.